The number of aromatic amines is 1. The van der Waals surface area contributed by atoms with Crippen molar-refractivity contribution < 1.29 is 14.3 Å². The van der Waals surface area contributed by atoms with E-state index in [1.165, 1.54) is 18.2 Å². The van der Waals surface area contributed by atoms with Gasteiger partial charge in [0.1, 0.15) is 17.5 Å². The zero-order chi connectivity index (χ0) is 14.0. The summed E-state index contributed by atoms with van der Waals surface area (Å²) in [6.45, 7) is 0. The van der Waals surface area contributed by atoms with Crippen LogP contribution in [0, 0.1) is 5.82 Å². The minimum atomic E-state index is -1.18. The van der Waals surface area contributed by atoms with Crippen LogP contribution in [-0.2, 0) is 11.2 Å². The number of carboxylic acids is 1. The lowest BCUT2D eigenvalue weighted by Crippen LogP contribution is -2.21. The van der Waals surface area contributed by atoms with Crippen LogP contribution in [0.15, 0.2) is 29.1 Å². The molecule has 6 nitrogen and oxygen atoms in total. The van der Waals surface area contributed by atoms with E-state index in [2.05, 4.69) is 9.97 Å². The van der Waals surface area contributed by atoms with E-state index in [9.17, 15) is 14.0 Å². The number of carboxylic acid groups (broad SMARTS) is 1. The summed E-state index contributed by atoms with van der Waals surface area (Å²) in [4.78, 5) is 28.6. The summed E-state index contributed by atoms with van der Waals surface area (Å²) < 4.78 is 13.1. The molecule has 0 unspecified atom stereocenters. The van der Waals surface area contributed by atoms with Crippen molar-refractivity contribution in [2.45, 2.75) is 6.42 Å². The van der Waals surface area contributed by atoms with Crippen LogP contribution in [0.1, 0.15) is 5.56 Å². The SMILES string of the molecule is Nc1nc(-c2cccc(F)c2)[nH]c(=O)c1CC(=O)O. The molecule has 98 valence electrons. The third kappa shape index (κ3) is 2.76. The molecule has 2 aromatic rings. The molecule has 1 aromatic heterocycles. The number of aromatic nitrogens is 2. The van der Waals surface area contributed by atoms with Crippen molar-refractivity contribution >= 4 is 11.8 Å². The molecule has 0 radical (unpaired) electrons. The zero-order valence-electron chi connectivity index (χ0n) is 9.68. The molecular weight excluding hydrogens is 253 g/mol. The average molecular weight is 263 g/mol. The summed E-state index contributed by atoms with van der Waals surface area (Å²) in [6.07, 6.45) is -0.516. The number of anilines is 1. The molecule has 0 fully saturated rings. The summed E-state index contributed by atoms with van der Waals surface area (Å²) in [5.74, 6) is -1.74. The molecule has 1 heterocycles. The first-order chi connectivity index (χ1) is 8.97. The number of nitrogen functional groups attached to an aromatic ring is 1. The molecule has 0 atom stereocenters. The molecule has 0 bridgehead atoms. The van der Waals surface area contributed by atoms with Gasteiger partial charge in [0.2, 0.25) is 0 Å². The monoisotopic (exact) mass is 263 g/mol. The van der Waals surface area contributed by atoms with Gasteiger partial charge in [-0.2, -0.15) is 0 Å². The number of halogens is 1. The maximum atomic E-state index is 13.1. The van der Waals surface area contributed by atoms with Gasteiger partial charge in [0.15, 0.2) is 0 Å². The fourth-order valence-corrected chi connectivity index (χ4v) is 1.61. The third-order valence-electron chi connectivity index (χ3n) is 2.47. The van der Waals surface area contributed by atoms with Crippen LogP contribution in [0.3, 0.4) is 0 Å². The number of H-pyrrole nitrogens is 1. The summed E-state index contributed by atoms with van der Waals surface area (Å²) in [7, 11) is 0. The molecule has 0 aliphatic rings. The highest BCUT2D eigenvalue weighted by Gasteiger charge is 2.13. The number of hydrogen-bond donors (Lipinski definition) is 3. The molecule has 0 aliphatic heterocycles. The van der Waals surface area contributed by atoms with Crippen molar-refractivity contribution in [1.29, 1.82) is 0 Å². The molecule has 1 aromatic carbocycles. The number of hydrogen-bond acceptors (Lipinski definition) is 4. The van der Waals surface area contributed by atoms with E-state index in [1.54, 1.807) is 6.07 Å². The Hall–Kier alpha value is -2.70. The van der Waals surface area contributed by atoms with Crippen LogP contribution in [0.4, 0.5) is 10.2 Å². The standard InChI is InChI=1S/C12H10FN3O3/c13-7-3-1-2-6(4-7)11-15-10(14)8(5-9(17)18)12(19)16-11/h1-4H,5H2,(H,17,18)(H3,14,15,16,19). The van der Waals surface area contributed by atoms with Gasteiger partial charge in [0, 0.05) is 5.56 Å². The van der Waals surface area contributed by atoms with Gasteiger partial charge in [0.25, 0.3) is 5.56 Å². The first kappa shape index (κ1) is 12.7. The van der Waals surface area contributed by atoms with E-state index < -0.39 is 23.8 Å². The Kier molecular flexibility index (Phi) is 3.28. The molecule has 0 saturated heterocycles. The van der Waals surface area contributed by atoms with Gasteiger partial charge in [-0.05, 0) is 12.1 Å². The minimum Gasteiger partial charge on any atom is -0.481 e. The van der Waals surface area contributed by atoms with Gasteiger partial charge in [-0.3, -0.25) is 9.59 Å². The lowest BCUT2D eigenvalue weighted by molar-refractivity contribution is -0.136. The average Bonchev–Trinajstić information content (AvgIpc) is 2.33. The van der Waals surface area contributed by atoms with Gasteiger partial charge in [0.05, 0.1) is 12.0 Å². The van der Waals surface area contributed by atoms with Crippen LogP contribution in [-0.4, -0.2) is 21.0 Å². The number of nitrogens with one attached hydrogen (secondary N) is 1. The Morgan fingerprint density at radius 1 is 1.47 bits per heavy atom. The topological polar surface area (TPSA) is 109 Å². The summed E-state index contributed by atoms with van der Waals surface area (Å²) in [6, 6.07) is 5.46. The van der Waals surface area contributed by atoms with Crippen LogP contribution in [0.5, 0.6) is 0 Å². The van der Waals surface area contributed by atoms with Gasteiger partial charge < -0.3 is 15.8 Å². The number of aliphatic carboxylic acids is 1. The molecule has 7 heteroatoms. The number of nitrogens with two attached hydrogens (primary N) is 1. The first-order valence-electron chi connectivity index (χ1n) is 5.34. The number of carbonyl (C=O) groups is 1. The fourth-order valence-electron chi connectivity index (χ4n) is 1.61. The van der Waals surface area contributed by atoms with E-state index in [0.29, 0.717) is 5.56 Å². The predicted molar refractivity (Wildman–Crippen MR) is 66.0 cm³/mol. The number of benzene rings is 1. The first-order valence-corrected chi connectivity index (χ1v) is 5.34. The van der Waals surface area contributed by atoms with Crippen molar-refractivity contribution in [3.8, 4) is 11.4 Å². The second-order valence-electron chi connectivity index (χ2n) is 3.86. The number of rotatable bonds is 3. The van der Waals surface area contributed by atoms with E-state index in [1.807, 2.05) is 0 Å². The minimum absolute atomic E-state index is 0.0936. The maximum absolute atomic E-state index is 13.1. The highest BCUT2D eigenvalue weighted by atomic mass is 19.1. The Labute approximate surface area is 106 Å². The van der Waals surface area contributed by atoms with E-state index in [-0.39, 0.29) is 17.2 Å². The molecule has 0 amide bonds. The van der Waals surface area contributed by atoms with Gasteiger partial charge >= 0.3 is 5.97 Å². The van der Waals surface area contributed by atoms with Crippen molar-refractivity contribution in [3.05, 3.63) is 46.0 Å². The third-order valence-corrected chi connectivity index (χ3v) is 2.47. The molecule has 19 heavy (non-hydrogen) atoms. The Morgan fingerprint density at radius 3 is 2.79 bits per heavy atom. The van der Waals surface area contributed by atoms with E-state index in [4.69, 9.17) is 10.8 Å². The second kappa shape index (κ2) is 4.89. The summed E-state index contributed by atoms with van der Waals surface area (Å²) >= 11 is 0. The van der Waals surface area contributed by atoms with Crippen LogP contribution < -0.4 is 11.3 Å². The quantitative estimate of drug-likeness (QED) is 0.758. The normalized spacial score (nSPS) is 10.4. The highest BCUT2D eigenvalue weighted by molar-refractivity contribution is 5.72. The summed E-state index contributed by atoms with van der Waals surface area (Å²) in [5.41, 5.74) is 5.15. The van der Waals surface area contributed by atoms with Gasteiger partial charge in [-0.15, -0.1) is 0 Å². The van der Waals surface area contributed by atoms with Gasteiger partial charge in [-0.1, -0.05) is 12.1 Å². The largest absolute Gasteiger partial charge is 0.481 e. The number of nitrogens with zero attached hydrogens (tertiary/aromatic N) is 1. The molecular formula is C12H10FN3O3. The van der Waals surface area contributed by atoms with Gasteiger partial charge in [-0.25, -0.2) is 9.37 Å². The maximum Gasteiger partial charge on any atom is 0.308 e. The fraction of sp³-hybridized carbons (Fsp3) is 0.0833. The van der Waals surface area contributed by atoms with Crippen LogP contribution in [0.25, 0.3) is 11.4 Å². The summed E-state index contributed by atoms with van der Waals surface area (Å²) in [5, 5.41) is 8.65. The van der Waals surface area contributed by atoms with Crippen LogP contribution >= 0.6 is 0 Å². The van der Waals surface area contributed by atoms with Crippen molar-refractivity contribution in [3.63, 3.8) is 0 Å². The molecule has 4 N–H and O–H groups in total. The van der Waals surface area contributed by atoms with Crippen LogP contribution in [0.2, 0.25) is 0 Å². The highest BCUT2D eigenvalue weighted by Crippen LogP contribution is 2.16. The smallest absolute Gasteiger partial charge is 0.308 e. The van der Waals surface area contributed by atoms with Crippen molar-refractivity contribution in [1.82, 2.24) is 9.97 Å². The predicted octanol–water partition coefficient (Wildman–Crippen LogP) is 0.785. The molecule has 0 aliphatic carbocycles. The molecule has 0 spiro atoms. The van der Waals surface area contributed by atoms with E-state index in [0.717, 1.165) is 0 Å². The Balaban J connectivity index is 2.51. The Morgan fingerprint density at radius 2 is 2.21 bits per heavy atom. The second-order valence-corrected chi connectivity index (χ2v) is 3.86. The lowest BCUT2D eigenvalue weighted by atomic mass is 10.2. The Bertz CT molecular complexity index is 697. The molecule has 0 saturated carbocycles. The van der Waals surface area contributed by atoms with E-state index >= 15 is 0 Å². The molecule has 2 rings (SSSR count). The van der Waals surface area contributed by atoms with Crippen molar-refractivity contribution in [2.75, 3.05) is 5.73 Å². The van der Waals surface area contributed by atoms with Crippen molar-refractivity contribution in [2.24, 2.45) is 0 Å². The lowest BCUT2D eigenvalue weighted by Gasteiger charge is -2.05. The zero-order valence-corrected chi connectivity index (χ0v) is 9.68.